The second-order valence-corrected chi connectivity index (χ2v) is 8.21. The molecule has 0 saturated carbocycles. The van der Waals surface area contributed by atoms with Crippen molar-refractivity contribution in [1.82, 2.24) is 9.97 Å². The van der Waals surface area contributed by atoms with Gasteiger partial charge in [0.1, 0.15) is 17.3 Å². The Morgan fingerprint density at radius 2 is 2.06 bits per heavy atom. The number of ether oxygens (including phenoxy) is 2. The first kappa shape index (κ1) is 21.7. The predicted molar refractivity (Wildman–Crippen MR) is 120 cm³/mol. The van der Waals surface area contributed by atoms with Crippen LogP contribution < -0.4 is 30.6 Å². The van der Waals surface area contributed by atoms with Gasteiger partial charge in [0.05, 0.1) is 31.4 Å². The molecule has 170 valence electrons. The van der Waals surface area contributed by atoms with Crippen molar-refractivity contribution in [1.29, 1.82) is 0 Å². The van der Waals surface area contributed by atoms with Gasteiger partial charge in [0.2, 0.25) is 17.8 Å². The molecule has 2 atom stereocenters. The number of hydrogen-bond acceptors (Lipinski definition) is 7. The van der Waals surface area contributed by atoms with Gasteiger partial charge in [-0.25, -0.2) is 0 Å². The number of methoxy groups -OCH3 is 2. The zero-order valence-electron chi connectivity index (χ0n) is 18.4. The molecular weight excluding hydrogens is 414 g/mol. The van der Waals surface area contributed by atoms with Crippen molar-refractivity contribution in [2.45, 2.75) is 32.1 Å². The molecule has 2 aliphatic heterocycles. The van der Waals surface area contributed by atoms with E-state index in [1.807, 2.05) is 4.90 Å². The molecule has 32 heavy (non-hydrogen) atoms. The van der Waals surface area contributed by atoms with Gasteiger partial charge in [0.15, 0.2) is 0 Å². The number of H-pyrrole nitrogens is 1. The number of aromatic amines is 1. The van der Waals surface area contributed by atoms with Gasteiger partial charge in [0, 0.05) is 25.6 Å². The van der Waals surface area contributed by atoms with E-state index < -0.39 is 17.4 Å². The van der Waals surface area contributed by atoms with Crippen LogP contribution in [0, 0.1) is 5.92 Å². The molecule has 3 N–H and O–H groups in total. The molecule has 4 rings (SSSR count). The maximum atomic E-state index is 13.1. The Bertz CT molecular complexity index is 1100. The zero-order valence-corrected chi connectivity index (χ0v) is 18.4. The quantitative estimate of drug-likeness (QED) is 0.649. The second-order valence-electron chi connectivity index (χ2n) is 8.21. The van der Waals surface area contributed by atoms with E-state index in [1.165, 1.54) is 14.2 Å². The SMILES string of the molecule is COc1ccc(OC)c(NC(=O)[C@H]2CC(=O)Nc3nc(N4CCC[C@@H](C)C4)[nH]c(=O)c32)c1. The van der Waals surface area contributed by atoms with Gasteiger partial charge in [-0.1, -0.05) is 6.92 Å². The molecule has 0 bridgehead atoms. The van der Waals surface area contributed by atoms with Crippen LogP contribution in [0.15, 0.2) is 23.0 Å². The second kappa shape index (κ2) is 8.89. The van der Waals surface area contributed by atoms with Crippen LogP contribution in [0.5, 0.6) is 11.5 Å². The maximum absolute atomic E-state index is 13.1. The Hall–Kier alpha value is -3.56. The number of fused-ring (bicyclic) bond motifs is 1. The molecule has 2 aromatic rings. The molecular formula is C22H27N5O5. The first-order valence-electron chi connectivity index (χ1n) is 10.6. The zero-order chi connectivity index (χ0) is 22.8. The van der Waals surface area contributed by atoms with Gasteiger partial charge >= 0.3 is 0 Å². The van der Waals surface area contributed by atoms with Crippen molar-refractivity contribution in [3.63, 3.8) is 0 Å². The van der Waals surface area contributed by atoms with Crippen LogP contribution in [0.4, 0.5) is 17.5 Å². The summed E-state index contributed by atoms with van der Waals surface area (Å²) < 4.78 is 10.5. The van der Waals surface area contributed by atoms with E-state index in [9.17, 15) is 14.4 Å². The first-order valence-corrected chi connectivity index (χ1v) is 10.6. The molecule has 3 heterocycles. The largest absolute Gasteiger partial charge is 0.497 e. The number of nitrogens with one attached hydrogen (secondary N) is 3. The highest BCUT2D eigenvalue weighted by molar-refractivity contribution is 6.05. The van der Waals surface area contributed by atoms with Crippen molar-refractivity contribution in [3.8, 4) is 11.5 Å². The Labute approximate surface area is 185 Å². The van der Waals surface area contributed by atoms with Crippen molar-refractivity contribution in [3.05, 3.63) is 34.1 Å². The van der Waals surface area contributed by atoms with Crippen LogP contribution in [0.3, 0.4) is 0 Å². The molecule has 10 nitrogen and oxygen atoms in total. The number of benzene rings is 1. The summed E-state index contributed by atoms with van der Waals surface area (Å²) >= 11 is 0. The van der Waals surface area contributed by atoms with E-state index in [-0.39, 0.29) is 23.7 Å². The van der Waals surface area contributed by atoms with E-state index in [0.717, 1.165) is 25.9 Å². The summed E-state index contributed by atoms with van der Waals surface area (Å²) in [6.45, 7) is 3.70. The topological polar surface area (TPSA) is 126 Å². The molecule has 1 aromatic heterocycles. The normalized spacial score (nSPS) is 20.2. The van der Waals surface area contributed by atoms with Crippen LogP contribution in [-0.4, -0.2) is 49.1 Å². The third-order valence-electron chi connectivity index (χ3n) is 5.88. The van der Waals surface area contributed by atoms with Crippen molar-refractivity contribution < 1.29 is 19.1 Å². The first-order chi connectivity index (χ1) is 15.4. The van der Waals surface area contributed by atoms with Crippen LogP contribution in [0.1, 0.15) is 37.7 Å². The molecule has 0 radical (unpaired) electrons. The van der Waals surface area contributed by atoms with Gasteiger partial charge < -0.3 is 25.0 Å². The lowest BCUT2D eigenvalue weighted by atomic mass is 9.92. The Balaban J connectivity index is 1.65. The number of anilines is 3. The van der Waals surface area contributed by atoms with Gasteiger partial charge in [-0.05, 0) is 30.9 Å². The van der Waals surface area contributed by atoms with Crippen molar-refractivity contribution in [2.75, 3.05) is 42.8 Å². The van der Waals surface area contributed by atoms with E-state index in [0.29, 0.717) is 29.1 Å². The van der Waals surface area contributed by atoms with E-state index in [4.69, 9.17) is 9.47 Å². The predicted octanol–water partition coefficient (Wildman–Crippen LogP) is 2.09. The molecule has 2 aliphatic rings. The minimum absolute atomic E-state index is 0.135. The number of carbonyl (C=O) groups is 2. The third-order valence-corrected chi connectivity index (χ3v) is 5.88. The number of aromatic nitrogens is 2. The fourth-order valence-corrected chi connectivity index (χ4v) is 4.25. The number of piperidine rings is 1. The summed E-state index contributed by atoms with van der Waals surface area (Å²) in [5, 5.41) is 5.42. The fourth-order valence-electron chi connectivity index (χ4n) is 4.25. The number of nitrogens with zero attached hydrogens (tertiary/aromatic N) is 2. The van der Waals surface area contributed by atoms with Gasteiger partial charge in [-0.15, -0.1) is 0 Å². The summed E-state index contributed by atoms with van der Waals surface area (Å²) in [6.07, 6.45) is 1.97. The average Bonchev–Trinajstić information content (AvgIpc) is 2.78. The number of carbonyl (C=O) groups excluding carboxylic acids is 2. The molecule has 10 heteroatoms. The van der Waals surface area contributed by atoms with Crippen LogP contribution in [-0.2, 0) is 9.59 Å². The molecule has 1 fully saturated rings. The molecule has 0 spiro atoms. The lowest BCUT2D eigenvalue weighted by molar-refractivity contribution is -0.123. The van der Waals surface area contributed by atoms with E-state index in [1.54, 1.807) is 18.2 Å². The summed E-state index contributed by atoms with van der Waals surface area (Å²) in [4.78, 5) is 47.8. The van der Waals surface area contributed by atoms with Crippen LogP contribution in [0.25, 0.3) is 0 Å². The smallest absolute Gasteiger partial charge is 0.258 e. The fraction of sp³-hybridized carbons (Fsp3) is 0.455. The minimum Gasteiger partial charge on any atom is -0.497 e. The van der Waals surface area contributed by atoms with Crippen LogP contribution >= 0.6 is 0 Å². The van der Waals surface area contributed by atoms with E-state index >= 15 is 0 Å². The van der Waals surface area contributed by atoms with Gasteiger partial charge in [-0.3, -0.25) is 19.4 Å². The lowest BCUT2D eigenvalue weighted by Gasteiger charge is -2.32. The van der Waals surface area contributed by atoms with Crippen molar-refractivity contribution >= 4 is 29.3 Å². The third kappa shape index (κ3) is 4.25. The molecule has 1 aromatic carbocycles. The number of hydrogen-bond donors (Lipinski definition) is 3. The molecule has 0 aliphatic carbocycles. The standard InChI is InChI=1S/C22H27N5O5/c1-12-5-4-8-27(11-12)22-25-19-18(21(30)26-22)14(10-17(28)24-19)20(29)23-15-9-13(31-2)6-7-16(15)32-3/h6-7,9,12,14H,4-5,8,10-11H2,1-3H3,(H,23,29)(H2,24,25,26,28,30)/t12-,14+/m1/s1. The molecule has 1 saturated heterocycles. The minimum atomic E-state index is -0.986. The maximum Gasteiger partial charge on any atom is 0.258 e. The van der Waals surface area contributed by atoms with E-state index in [2.05, 4.69) is 27.5 Å². The van der Waals surface area contributed by atoms with Gasteiger partial charge in [-0.2, -0.15) is 4.98 Å². The highest BCUT2D eigenvalue weighted by Crippen LogP contribution is 2.33. The Morgan fingerprint density at radius 1 is 1.25 bits per heavy atom. The summed E-state index contributed by atoms with van der Waals surface area (Å²) in [5.41, 5.74) is 0.103. The molecule has 0 unspecified atom stereocenters. The monoisotopic (exact) mass is 441 g/mol. The summed E-state index contributed by atoms with van der Waals surface area (Å²) in [6, 6.07) is 4.98. The summed E-state index contributed by atoms with van der Waals surface area (Å²) in [7, 11) is 3.00. The number of rotatable bonds is 5. The average molecular weight is 441 g/mol. The highest BCUT2D eigenvalue weighted by atomic mass is 16.5. The van der Waals surface area contributed by atoms with Gasteiger partial charge in [0.25, 0.3) is 5.56 Å². The highest BCUT2D eigenvalue weighted by Gasteiger charge is 2.35. The Morgan fingerprint density at radius 3 is 2.78 bits per heavy atom. The number of amides is 2. The van der Waals surface area contributed by atoms with Crippen LogP contribution in [0.2, 0.25) is 0 Å². The Kier molecular flexibility index (Phi) is 6.02. The lowest BCUT2D eigenvalue weighted by Crippen LogP contribution is -2.40. The van der Waals surface area contributed by atoms with Crippen molar-refractivity contribution in [2.24, 2.45) is 5.92 Å². The summed E-state index contributed by atoms with van der Waals surface area (Å²) in [5.74, 6) is 0.137. The molecule has 2 amide bonds.